The second kappa shape index (κ2) is 7.78. The normalized spacial score (nSPS) is 15.0. The Morgan fingerprint density at radius 2 is 1.95 bits per heavy atom. The molecule has 1 unspecified atom stereocenters. The van der Waals surface area contributed by atoms with Crippen molar-refractivity contribution >= 4 is 11.9 Å². The lowest BCUT2D eigenvalue weighted by Crippen LogP contribution is -2.55. The zero-order valence-electron chi connectivity index (χ0n) is 12.6. The predicted octanol–water partition coefficient (Wildman–Crippen LogP) is 1.71. The molecule has 4 N–H and O–H groups in total. The van der Waals surface area contributed by atoms with Crippen LogP contribution in [0.1, 0.15) is 38.7 Å². The smallest absolute Gasteiger partial charge is 0.326 e. The molecule has 0 aromatic heterocycles. The van der Waals surface area contributed by atoms with E-state index >= 15 is 0 Å². The van der Waals surface area contributed by atoms with Crippen molar-refractivity contribution in [2.75, 3.05) is 0 Å². The Morgan fingerprint density at radius 1 is 1.33 bits per heavy atom. The van der Waals surface area contributed by atoms with E-state index in [2.05, 4.69) is 5.32 Å². The molecule has 0 radical (unpaired) electrons. The molecule has 21 heavy (non-hydrogen) atoms. The van der Waals surface area contributed by atoms with E-state index in [9.17, 15) is 14.7 Å². The van der Waals surface area contributed by atoms with Crippen LogP contribution in [0.15, 0.2) is 30.3 Å². The molecule has 0 heterocycles. The molecule has 0 saturated heterocycles. The summed E-state index contributed by atoms with van der Waals surface area (Å²) in [7, 11) is 0. The number of benzene rings is 1. The fraction of sp³-hybridized carbons (Fsp3) is 0.500. The molecule has 0 bridgehead atoms. The highest BCUT2D eigenvalue weighted by Gasteiger charge is 2.30. The van der Waals surface area contributed by atoms with Gasteiger partial charge in [-0.25, -0.2) is 4.79 Å². The van der Waals surface area contributed by atoms with E-state index in [-0.39, 0.29) is 0 Å². The highest BCUT2D eigenvalue weighted by atomic mass is 16.4. The zero-order valence-corrected chi connectivity index (χ0v) is 12.6. The minimum atomic E-state index is -1.04. The number of nitrogens with two attached hydrogens (primary N) is 1. The van der Waals surface area contributed by atoms with E-state index in [0.29, 0.717) is 19.3 Å². The second-order valence-corrected chi connectivity index (χ2v) is 5.56. The summed E-state index contributed by atoms with van der Waals surface area (Å²) in [5.41, 5.74) is 5.93. The molecule has 0 fully saturated rings. The van der Waals surface area contributed by atoms with Gasteiger partial charge in [0.25, 0.3) is 0 Å². The van der Waals surface area contributed by atoms with Crippen molar-refractivity contribution in [3.8, 4) is 0 Å². The van der Waals surface area contributed by atoms with Crippen LogP contribution in [0.5, 0.6) is 0 Å². The molecule has 0 aliphatic rings. The maximum atomic E-state index is 12.1. The molecule has 1 aromatic rings. The molecule has 1 amide bonds. The number of amides is 1. The summed E-state index contributed by atoms with van der Waals surface area (Å²) in [6.45, 7) is 3.56. The molecule has 1 rings (SSSR count). The average Bonchev–Trinajstić information content (AvgIpc) is 2.43. The summed E-state index contributed by atoms with van der Waals surface area (Å²) in [6, 6.07) is 8.67. The van der Waals surface area contributed by atoms with Crippen LogP contribution in [0.25, 0.3) is 0 Å². The van der Waals surface area contributed by atoms with Crippen molar-refractivity contribution in [3.05, 3.63) is 35.9 Å². The number of hydrogen-bond donors (Lipinski definition) is 3. The summed E-state index contributed by atoms with van der Waals surface area (Å²) in [5.74, 6) is -1.45. The van der Waals surface area contributed by atoms with Gasteiger partial charge in [-0.05, 0) is 31.7 Å². The number of rotatable bonds is 8. The molecule has 5 heteroatoms. The number of carbonyl (C=O) groups is 2. The third kappa shape index (κ3) is 5.55. The van der Waals surface area contributed by atoms with Crippen LogP contribution in [-0.4, -0.2) is 28.6 Å². The fourth-order valence-electron chi connectivity index (χ4n) is 2.17. The first-order chi connectivity index (χ1) is 9.86. The highest BCUT2D eigenvalue weighted by molar-refractivity contribution is 5.89. The van der Waals surface area contributed by atoms with Crippen LogP contribution >= 0.6 is 0 Å². The summed E-state index contributed by atoms with van der Waals surface area (Å²) in [4.78, 5) is 23.4. The lowest BCUT2D eigenvalue weighted by molar-refractivity contribution is -0.142. The van der Waals surface area contributed by atoms with Crippen molar-refractivity contribution < 1.29 is 14.7 Å². The van der Waals surface area contributed by atoms with E-state index in [1.807, 2.05) is 37.3 Å². The summed E-state index contributed by atoms with van der Waals surface area (Å²) in [6.07, 6.45) is 2.21. The Hall–Kier alpha value is -1.88. The molecule has 5 nitrogen and oxygen atoms in total. The highest BCUT2D eigenvalue weighted by Crippen LogP contribution is 2.11. The van der Waals surface area contributed by atoms with Gasteiger partial charge in [-0.1, -0.05) is 43.7 Å². The minimum Gasteiger partial charge on any atom is -0.480 e. The molecular formula is C16H24N2O3. The van der Waals surface area contributed by atoms with Crippen molar-refractivity contribution in [1.29, 1.82) is 0 Å². The van der Waals surface area contributed by atoms with E-state index in [1.165, 1.54) is 0 Å². The third-order valence-electron chi connectivity index (χ3n) is 3.46. The molecular weight excluding hydrogens is 268 g/mol. The summed E-state index contributed by atoms with van der Waals surface area (Å²) in [5, 5.41) is 11.8. The van der Waals surface area contributed by atoms with Crippen LogP contribution < -0.4 is 11.1 Å². The summed E-state index contributed by atoms with van der Waals surface area (Å²) >= 11 is 0. The van der Waals surface area contributed by atoms with Gasteiger partial charge in [0.05, 0.1) is 5.54 Å². The Balaban J connectivity index is 2.62. The average molecular weight is 292 g/mol. The minimum absolute atomic E-state index is 0.341. The largest absolute Gasteiger partial charge is 0.480 e. The van der Waals surface area contributed by atoms with Gasteiger partial charge in [0.2, 0.25) is 5.91 Å². The van der Waals surface area contributed by atoms with Crippen molar-refractivity contribution in [2.24, 2.45) is 5.73 Å². The van der Waals surface area contributed by atoms with Gasteiger partial charge >= 0.3 is 5.97 Å². The molecule has 0 saturated carbocycles. The van der Waals surface area contributed by atoms with Gasteiger partial charge in [0, 0.05) is 0 Å². The number of carboxylic acid groups (broad SMARTS) is 1. The van der Waals surface area contributed by atoms with E-state index < -0.39 is 23.5 Å². The van der Waals surface area contributed by atoms with Crippen molar-refractivity contribution in [3.63, 3.8) is 0 Å². The number of hydrogen-bond acceptors (Lipinski definition) is 3. The van der Waals surface area contributed by atoms with Crippen LogP contribution in [0, 0.1) is 0 Å². The molecule has 0 aliphatic heterocycles. The van der Waals surface area contributed by atoms with Gasteiger partial charge in [-0.3, -0.25) is 4.79 Å². The lowest BCUT2D eigenvalue weighted by Gasteiger charge is -2.25. The molecule has 116 valence electrons. The number of aryl methyl sites for hydroxylation is 1. The first-order valence-electron chi connectivity index (χ1n) is 7.23. The maximum absolute atomic E-state index is 12.1. The Kier molecular flexibility index (Phi) is 6.37. The fourth-order valence-corrected chi connectivity index (χ4v) is 2.17. The number of aliphatic carboxylic acids is 1. The van der Waals surface area contributed by atoms with Crippen molar-refractivity contribution in [2.45, 2.75) is 51.1 Å². The van der Waals surface area contributed by atoms with Gasteiger partial charge in [-0.15, -0.1) is 0 Å². The third-order valence-corrected chi connectivity index (χ3v) is 3.46. The molecule has 0 aliphatic carbocycles. The maximum Gasteiger partial charge on any atom is 0.326 e. The van der Waals surface area contributed by atoms with E-state index in [1.54, 1.807) is 6.92 Å². The SMILES string of the molecule is CCCC(C)(N)C(=O)N[C@@H](CCc1ccccc1)C(=O)O. The van der Waals surface area contributed by atoms with Crippen LogP contribution in [0.2, 0.25) is 0 Å². The quantitative estimate of drug-likeness (QED) is 0.680. The Bertz CT molecular complexity index is 472. The summed E-state index contributed by atoms with van der Waals surface area (Å²) < 4.78 is 0. The number of nitrogens with one attached hydrogen (secondary N) is 1. The van der Waals surface area contributed by atoms with Crippen LogP contribution in [0.3, 0.4) is 0 Å². The van der Waals surface area contributed by atoms with Gasteiger partial charge < -0.3 is 16.2 Å². The first kappa shape index (κ1) is 17.2. The Morgan fingerprint density at radius 3 is 2.48 bits per heavy atom. The topological polar surface area (TPSA) is 92.4 Å². The van der Waals surface area contributed by atoms with Gasteiger partial charge in [0.15, 0.2) is 0 Å². The monoisotopic (exact) mass is 292 g/mol. The predicted molar refractivity (Wildman–Crippen MR) is 81.8 cm³/mol. The van der Waals surface area contributed by atoms with Gasteiger partial charge in [-0.2, -0.15) is 0 Å². The number of carbonyl (C=O) groups excluding carboxylic acids is 1. The van der Waals surface area contributed by atoms with E-state index in [4.69, 9.17) is 5.73 Å². The Labute approximate surface area is 125 Å². The molecule has 2 atom stereocenters. The van der Waals surface area contributed by atoms with Crippen LogP contribution in [0.4, 0.5) is 0 Å². The van der Waals surface area contributed by atoms with Crippen molar-refractivity contribution in [1.82, 2.24) is 5.32 Å². The molecule has 1 aromatic carbocycles. The lowest BCUT2D eigenvalue weighted by atomic mass is 9.95. The first-order valence-corrected chi connectivity index (χ1v) is 7.23. The zero-order chi connectivity index (χ0) is 15.9. The second-order valence-electron chi connectivity index (χ2n) is 5.56. The standard InChI is InChI=1S/C16H24N2O3/c1-3-11-16(2,17)15(21)18-13(14(19)20)10-9-12-7-5-4-6-8-12/h4-8,13H,3,9-11,17H2,1-2H3,(H,18,21)(H,19,20)/t13-,16?/m0/s1. The van der Waals surface area contributed by atoms with Crippen LogP contribution in [-0.2, 0) is 16.0 Å². The van der Waals surface area contributed by atoms with E-state index in [0.717, 1.165) is 12.0 Å². The number of carboxylic acids is 1. The molecule has 0 spiro atoms. The van der Waals surface area contributed by atoms with Gasteiger partial charge in [0.1, 0.15) is 6.04 Å².